The number of ether oxygens (including phenoxy) is 4. The molecular weight excluding hydrogens is 644 g/mol. The number of unbranched alkanes of at least 4 members (excludes halogenated alkanes) is 2. The van der Waals surface area contributed by atoms with Crippen LogP contribution >= 0.6 is 0 Å². The van der Waals surface area contributed by atoms with Crippen LogP contribution in [0.2, 0.25) is 0 Å². The van der Waals surface area contributed by atoms with Gasteiger partial charge in [-0.05, 0) is 64.6 Å². The van der Waals surface area contributed by atoms with Gasteiger partial charge in [-0.1, -0.05) is 120 Å². The Bertz CT molecular complexity index is 1500. The Morgan fingerprint density at radius 3 is 1.55 bits per heavy atom. The predicted molar refractivity (Wildman–Crippen MR) is 201 cm³/mol. The molecule has 1 aliphatic rings. The van der Waals surface area contributed by atoms with Gasteiger partial charge < -0.3 is 29.2 Å². The lowest BCUT2D eigenvalue weighted by Gasteiger charge is -2.28. The van der Waals surface area contributed by atoms with Crippen molar-refractivity contribution < 1.29 is 38.7 Å². The standard InChI is InChI=1S/C43H54O8/c1-4-5-6-7-33-8-10-34(11-9-33)12-13-35-14-16-36(17-15-35)37-18-20-38(21-19-37)39-26-40(48-22-24-50-42(46)31(2)29-44)28-41(27-39)49-23-25-51-43(47)32(3)30-45/h14-21,26-28,33-34,44-45H,2-13,22-25,29-30H2,1H3. The maximum absolute atomic E-state index is 11.8. The van der Waals surface area contributed by atoms with Gasteiger partial charge in [0.05, 0.1) is 24.4 Å². The first-order chi connectivity index (χ1) is 24.8. The molecule has 1 fully saturated rings. The second-order valence-electron chi connectivity index (χ2n) is 13.4. The molecule has 3 aromatic carbocycles. The zero-order valence-electron chi connectivity index (χ0n) is 30.1. The molecule has 274 valence electrons. The third-order valence-electron chi connectivity index (χ3n) is 9.54. The average Bonchev–Trinajstić information content (AvgIpc) is 3.17. The minimum atomic E-state index is -0.683. The quantitative estimate of drug-likeness (QED) is 0.0650. The summed E-state index contributed by atoms with van der Waals surface area (Å²) in [5.41, 5.74) is 5.40. The fraction of sp³-hybridized carbons (Fsp3) is 0.442. The van der Waals surface area contributed by atoms with Crippen LogP contribution in [0.25, 0.3) is 22.3 Å². The van der Waals surface area contributed by atoms with E-state index in [4.69, 9.17) is 29.2 Å². The predicted octanol–water partition coefficient (Wildman–Crippen LogP) is 8.28. The number of carbonyl (C=O) groups excluding carboxylic acids is 2. The van der Waals surface area contributed by atoms with Gasteiger partial charge in [0.15, 0.2) is 0 Å². The van der Waals surface area contributed by atoms with Crippen molar-refractivity contribution in [2.75, 3.05) is 39.6 Å². The Kier molecular flexibility index (Phi) is 16.3. The molecule has 4 rings (SSSR count). The number of esters is 2. The highest BCUT2D eigenvalue weighted by Gasteiger charge is 2.20. The van der Waals surface area contributed by atoms with Crippen LogP contribution in [0.1, 0.15) is 70.3 Å². The molecule has 51 heavy (non-hydrogen) atoms. The Balaban J connectivity index is 1.35. The fourth-order valence-electron chi connectivity index (χ4n) is 6.41. The Morgan fingerprint density at radius 1 is 0.627 bits per heavy atom. The number of aryl methyl sites for hydroxylation is 1. The van der Waals surface area contributed by atoms with Crippen LogP contribution < -0.4 is 9.47 Å². The molecule has 0 aromatic heterocycles. The van der Waals surface area contributed by atoms with Gasteiger partial charge in [-0.15, -0.1) is 0 Å². The number of carbonyl (C=O) groups is 2. The normalized spacial score (nSPS) is 15.5. The Morgan fingerprint density at radius 2 is 1.08 bits per heavy atom. The second kappa shape index (κ2) is 21.1. The largest absolute Gasteiger partial charge is 0.490 e. The van der Waals surface area contributed by atoms with E-state index in [0.717, 1.165) is 40.5 Å². The molecule has 8 nitrogen and oxygen atoms in total. The lowest BCUT2D eigenvalue weighted by molar-refractivity contribution is -0.141. The first-order valence-corrected chi connectivity index (χ1v) is 18.3. The van der Waals surface area contributed by atoms with Crippen LogP contribution in [0.5, 0.6) is 11.5 Å². The second-order valence-corrected chi connectivity index (χ2v) is 13.4. The molecular formula is C43H54O8. The number of rotatable bonds is 21. The van der Waals surface area contributed by atoms with Gasteiger partial charge >= 0.3 is 11.9 Å². The monoisotopic (exact) mass is 698 g/mol. The SMILES string of the molecule is C=C(CO)C(=O)OCCOc1cc(OCCOC(=O)C(=C)CO)cc(-c2ccc(-c3ccc(CCC4CCC(CCCCC)CC4)cc3)cc2)c1. The smallest absolute Gasteiger partial charge is 0.335 e. The summed E-state index contributed by atoms with van der Waals surface area (Å²) in [5, 5.41) is 18.1. The van der Waals surface area contributed by atoms with Crippen molar-refractivity contribution in [1.29, 1.82) is 0 Å². The molecule has 0 heterocycles. The highest BCUT2D eigenvalue weighted by atomic mass is 16.6. The lowest BCUT2D eigenvalue weighted by atomic mass is 9.78. The minimum absolute atomic E-state index is 0.0311. The zero-order chi connectivity index (χ0) is 36.4. The van der Waals surface area contributed by atoms with E-state index in [2.05, 4.69) is 68.6 Å². The van der Waals surface area contributed by atoms with Crippen LogP contribution in [0.4, 0.5) is 0 Å². The summed E-state index contributed by atoms with van der Waals surface area (Å²) < 4.78 is 21.9. The van der Waals surface area contributed by atoms with Crippen molar-refractivity contribution in [3.05, 3.63) is 96.6 Å². The molecule has 0 unspecified atom stereocenters. The molecule has 8 heteroatoms. The Labute approximate surface area is 303 Å². The van der Waals surface area contributed by atoms with E-state index < -0.39 is 25.2 Å². The Hall–Kier alpha value is -4.40. The zero-order valence-corrected chi connectivity index (χ0v) is 30.1. The van der Waals surface area contributed by atoms with Gasteiger partial charge in [0.2, 0.25) is 0 Å². The van der Waals surface area contributed by atoms with E-state index in [-0.39, 0.29) is 37.6 Å². The summed E-state index contributed by atoms with van der Waals surface area (Å²) in [4.78, 5) is 23.6. The van der Waals surface area contributed by atoms with Crippen LogP contribution in [-0.2, 0) is 25.5 Å². The van der Waals surface area contributed by atoms with E-state index >= 15 is 0 Å². The topological polar surface area (TPSA) is 112 Å². The molecule has 0 atom stereocenters. The molecule has 0 radical (unpaired) electrons. The molecule has 0 amide bonds. The molecule has 1 aliphatic carbocycles. The summed E-state index contributed by atoms with van der Waals surface area (Å²) in [5.74, 6) is 1.43. The van der Waals surface area contributed by atoms with Crippen LogP contribution in [0, 0.1) is 11.8 Å². The van der Waals surface area contributed by atoms with Gasteiger partial charge in [-0.25, -0.2) is 9.59 Å². The lowest BCUT2D eigenvalue weighted by Crippen LogP contribution is -2.15. The molecule has 0 spiro atoms. The van der Waals surface area contributed by atoms with E-state index in [1.807, 2.05) is 12.1 Å². The van der Waals surface area contributed by atoms with Gasteiger partial charge in [0.25, 0.3) is 0 Å². The maximum atomic E-state index is 11.8. The molecule has 1 saturated carbocycles. The third kappa shape index (κ3) is 13.0. The van der Waals surface area contributed by atoms with Gasteiger partial charge in [0, 0.05) is 6.07 Å². The van der Waals surface area contributed by atoms with E-state index in [9.17, 15) is 9.59 Å². The molecule has 0 bridgehead atoms. The molecule has 2 N–H and O–H groups in total. The van der Waals surface area contributed by atoms with E-state index in [1.165, 1.54) is 63.4 Å². The highest BCUT2D eigenvalue weighted by molar-refractivity contribution is 5.88. The fourth-order valence-corrected chi connectivity index (χ4v) is 6.41. The van der Waals surface area contributed by atoms with Crippen molar-refractivity contribution in [2.45, 2.75) is 71.1 Å². The maximum Gasteiger partial charge on any atom is 0.335 e. The van der Waals surface area contributed by atoms with Crippen LogP contribution in [0.3, 0.4) is 0 Å². The van der Waals surface area contributed by atoms with Gasteiger partial charge in [-0.2, -0.15) is 0 Å². The number of benzene rings is 3. The van der Waals surface area contributed by atoms with E-state index in [0.29, 0.717) is 11.5 Å². The first kappa shape index (κ1) is 39.4. The summed E-state index contributed by atoms with van der Waals surface area (Å²) in [6, 6.07) is 22.7. The molecule has 0 saturated heterocycles. The van der Waals surface area contributed by atoms with Crippen molar-refractivity contribution in [1.82, 2.24) is 0 Å². The summed E-state index contributed by atoms with van der Waals surface area (Å²) in [7, 11) is 0. The van der Waals surface area contributed by atoms with Gasteiger partial charge in [0.1, 0.15) is 37.9 Å². The van der Waals surface area contributed by atoms with E-state index in [1.54, 1.807) is 6.07 Å². The summed E-state index contributed by atoms with van der Waals surface area (Å²) in [6.07, 6.45) is 13.5. The number of aliphatic hydroxyl groups excluding tert-OH is 2. The average molecular weight is 699 g/mol. The number of hydrogen-bond acceptors (Lipinski definition) is 8. The summed E-state index contributed by atoms with van der Waals surface area (Å²) >= 11 is 0. The summed E-state index contributed by atoms with van der Waals surface area (Å²) in [6.45, 7) is 8.34. The van der Waals surface area contributed by atoms with Crippen LogP contribution in [-0.4, -0.2) is 61.8 Å². The van der Waals surface area contributed by atoms with Gasteiger partial charge in [-0.3, -0.25) is 0 Å². The number of hydrogen-bond donors (Lipinski definition) is 2. The van der Waals surface area contributed by atoms with Crippen molar-refractivity contribution in [2.24, 2.45) is 11.8 Å². The molecule has 0 aliphatic heterocycles. The first-order valence-electron chi connectivity index (χ1n) is 18.3. The number of aliphatic hydroxyl groups is 2. The van der Waals surface area contributed by atoms with Crippen molar-refractivity contribution in [3.63, 3.8) is 0 Å². The molecule has 3 aromatic rings. The highest BCUT2D eigenvalue weighted by Crippen LogP contribution is 2.35. The minimum Gasteiger partial charge on any atom is -0.490 e. The van der Waals surface area contributed by atoms with Crippen molar-refractivity contribution >= 4 is 11.9 Å². The van der Waals surface area contributed by atoms with Crippen molar-refractivity contribution in [3.8, 4) is 33.8 Å². The third-order valence-corrected chi connectivity index (χ3v) is 9.54. The van der Waals surface area contributed by atoms with Crippen LogP contribution in [0.15, 0.2) is 91.0 Å².